The molecule has 0 aliphatic carbocycles. The average Bonchev–Trinajstić information content (AvgIpc) is 2.95. The molecular weight excluding hydrogens is 503 g/mol. The van der Waals surface area contributed by atoms with Crippen molar-refractivity contribution in [1.82, 2.24) is 4.98 Å². The fourth-order valence-corrected chi connectivity index (χ4v) is 5.43. The quantitative estimate of drug-likeness (QED) is 0.320. The molecule has 6 nitrogen and oxygen atoms in total. The molecule has 0 amide bonds. The van der Waals surface area contributed by atoms with Crippen molar-refractivity contribution >= 4 is 45.3 Å². The second-order valence-corrected chi connectivity index (χ2v) is 10.1. The van der Waals surface area contributed by atoms with Crippen LogP contribution < -0.4 is 15.1 Å². The lowest BCUT2D eigenvalue weighted by Gasteiger charge is -2.33. The Balaban J connectivity index is 1.51. The van der Waals surface area contributed by atoms with Gasteiger partial charge in [0.1, 0.15) is 5.82 Å². The van der Waals surface area contributed by atoms with Gasteiger partial charge < -0.3 is 24.6 Å². The van der Waals surface area contributed by atoms with Gasteiger partial charge in [-0.05, 0) is 61.0 Å². The number of anilines is 4. The predicted octanol–water partition coefficient (Wildman–Crippen LogP) is 6.42. The molecule has 0 bridgehead atoms. The number of aromatic nitrogens is 1. The normalized spacial score (nSPS) is 16.2. The average molecular weight is 533 g/mol. The third-order valence-corrected chi connectivity index (χ3v) is 7.52. The van der Waals surface area contributed by atoms with Gasteiger partial charge in [0.15, 0.2) is 0 Å². The largest absolute Gasteiger partial charge is 0.378 e. The summed E-state index contributed by atoms with van der Waals surface area (Å²) < 4.78 is 26.1. The number of pyridine rings is 1. The number of benzene rings is 3. The Morgan fingerprint density at radius 1 is 0.868 bits per heavy atom. The molecule has 4 aromatic rings. The summed E-state index contributed by atoms with van der Waals surface area (Å²) in [5, 5.41) is 5.28. The van der Waals surface area contributed by atoms with Gasteiger partial charge in [-0.25, -0.2) is 9.37 Å². The predicted molar refractivity (Wildman–Crippen MR) is 153 cm³/mol. The van der Waals surface area contributed by atoms with E-state index in [1.165, 1.54) is 6.07 Å². The van der Waals surface area contributed by atoms with E-state index in [1.807, 2.05) is 31.2 Å². The molecule has 38 heavy (non-hydrogen) atoms. The number of hydrogen-bond acceptors (Lipinski definition) is 6. The van der Waals surface area contributed by atoms with E-state index in [9.17, 15) is 4.39 Å². The van der Waals surface area contributed by atoms with E-state index >= 15 is 0 Å². The molecule has 3 heterocycles. The van der Waals surface area contributed by atoms with E-state index in [-0.39, 0.29) is 5.82 Å². The molecule has 6 rings (SSSR count). The Hall–Kier alpha value is -3.39. The third-order valence-electron chi connectivity index (χ3n) is 7.29. The summed E-state index contributed by atoms with van der Waals surface area (Å²) in [6.45, 7) is 8.15. The van der Waals surface area contributed by atoms with Crippen LogP contribution >= 0.6 is 11.6 Å². The smallest absolute Gasteiger partial charge is 0.132 e. The Kier molecular flexibility index (Phi) is 7.06. The Morgan fingerprint density at radius 3 is 2.32 bits per heavy atom. The zero-order valence-corrected chi connectivity index (χ0v) is 22.1. The van der Waals surface area contributed by atoms with Gasteiger partial charge >= 0.3 is 0 Å². The first-order valence-electron chi connectivity index (χ1n) is 13.0. The summed E-state index contributed by atoms with van der Waals surface area (Å²) in [5.74, 6) is -0.307. The van der Waals surface area contributed by atoms with E-state index in [0.29, 0.717) is 35.0 Å². The second kappa shape index (κ2) is 10.8. The molecule has 0 spiro atoms. The highest BCUT2D eigenvalue weighted by Gasteiger charge is 2.21. The van der Waals surface area contributed by atoms with E-state index < -0.39 is 0 Å². The van der Waals surface area contributed by atoms with Gasteiger partial charge in [0.2, 0.25) is 0 Å². The molecule has 2 fully saturated rings. The van der Waals surface area contributed by atoms with Gasteiger partial charge in [0.05, 0.1) is 54.7 Å². The molecule has 2 aliphatic heterocycles. The number of hydrogen-bond donors (Lipinski definition) is 1. The SMILES string of the molecule is Cc1c(-c2ccccc2F)nc2cc(Cl)ccc2c1Nc1cc(N2CCOCC2)ccc1N1CCOCC1. The Morgan fingerprint density at radius 2 is 1.58 bits per heavy atom. The number of nitrogens with one attached hydrogen (secondary N) is 1. The first kappa shape index (κ1) is 24.9. The van der Waals surface area contributed by atoms with Crippen molar-refractivity contribution in [3.63, 3.8) is 0 Å². The van der Waals surface area contributed by atoms with E-state index in [1.54, 1.807) is 12.1 Å². The zero-order chi connectivity index (χ0) is 26.1. The van der Waals surface area contributed by atoms with Crippen LogP contribution in [0.3, 0.4) is 0 Å². The van der Waals surface area contributed by atoms with Crippen LogP contribution in [0.15, 0.2) is 60.7 Å². The number of nitrogens with zero attached hydrogens (tertiary/aromatic N) is 3. The monoisotopic (exact) mass is 532 g/mol. The van der Waals surface area contributed by atoms with Gasteiger partial charge in [-0.1, -0.05) is 23.7 Å². The molecule has 3 aromatic carbocycles. The number of ether oxygens (including phenoxy) is 2. The van der Waals surface area contributed by atoms with E-state index in [0.717, 1.165) is 73.1 Å². The zero-order valence-electron chi connectivity index (χ0n) is 21.3. The number of halogens is 2. The minimum atomic E-state index is -0.307. The van der Waals surface area contributed by atoms with Crippen molar-refractivity contribution in [2.24, 2.45) is 0 Å². The summed E-state index contributed by atoms with van der Waals surface area (Å²) in [7, 11) is 0. The van der Waals surface area contributed by atoms with Crippen molar-refractivity contribution in [3.05, 3.63) is 77.1 Å². The maximum Gasteiger partial charge on any atom is 0.132 e. The van der Waals surface area contributed by atoms with Crippen LogP contribution in [0.4, 0.5) is 27.1 Å². The summed E-state index contributed by atoms with van der Waals surface area (Å²) >= 11 is 6.37. The van der Waals surface area contributed by atoms with Crippen LogP contribution in [-0.4, -0.2) is 57.6 Å². The molecule has 2 saturated heterocycles. The standard InChI is InChI=1S/C30H30ClFN4O2/c1-20-29(23-4-2-3-5-25(23)32)33-26-18-21(31)6-8-24(26)30(20)34-27-19-22(35-10-14-37-15-11-35)7-9-28(27)36-12-16-38-17-13-36/h2-9,18-19H,10-17H2,1H3,(H,33,34). The number of fused-ring (bicyclic) bond motifs is 1. The number of rotatable bonds is 5. The summed E-state index contributed by atoms with van der Waals surface area (Å²) in [6, 6.07) is 19.0. The van der Waals surface area contributed by atoms with Crippen molar-refractivity contribution in [2.75, 3.05) is 67.7 Å². The molecule has 1 aromatic heterocycles. The topological polar surface area (TPSA) is 49.9 Å². The van der Waals surface area contributed by atoms with Gasteiger partial charge in [-0.15, -0.1) is 0 Å². The third kappa shape index (κ3) is 4.89. The molecule has 0 radical (unpaired) electrons. The lowest BCUT2D eigenvalue weighted by molar-refractivity contribution is 0.122. The highest BCUT2D eigenvalue weighted by atomic mass is 35.5. The van der Waals surface area contributed by atoms with Gasteiger partial charge in [-0.2, -0.15) is 0 Å². The fraction of sp³-hybridized carbons (Fsp3) is 0.300. The van der Waals surface area contributed by atoms with Crippen LogP contribution in [0, 0.1) is 12.7 Å². The Labute approximate surface area is 226 Å². The van der Waals surface area contributed by atoms with Crippen molar-refractivity contribution in [1.29, 1.82) is 0 Å². The fourth-order valence-electron chi connectivity index (χ4n) is 5.27. The van der Waals surface area contributed by atoms with Crippen molar-refractivity contribution in [3.8, 4) is 11.3 Å². The van der Waals surface area contributed by atoms with Crippen LogP contribution in [0.1, 0.15) is 5.56 Å². The molecule has 8 heteroatoms. The highest BCUT2D eigenvalue weighted by molar-refractivity contribution is 6.31. The minimum Gasteiger partial charge on any atom is -0.378 e. The van der Waals surface area contributed by atoms with Crippen molar-refractivity contribution < 1.29 is 13.9 Å². The maximum absolute atomic E-state index is 14.9. The van der Waals surface area contributed by atoms with Gasteiger partial charge in [0.25, 0.3) is 0 Å². The maximum atomic E-state index is 14.9. The summed E-state index contributed by atoms with van der Waals surface area (Å²) in [4.78, 5) is 9.56. The molecular formula is C30H30ClFN4O2. The van der Waals surface area contributed by atoms with Crippen LogP contribution in [0.2, 0.25) is 5.02 Å². The highest BCUT2D eigenvalue weighted by Crippen LogP contribution is 2.40. The first-order valence-corrected chi connectivity index (χ1v) is 13.4. The van der Waals surface area contributed by atoms with Crippen LogP contribution in [-0.2, 0) is 9.47 Å². The second-order valence-electron chi connectivity index (χ2n) is 9.63. The first-order chi connectivity index (χ1) is 18.6. The summed E-state index contributed by atoms with van der Waals surface area (Å²) in [6.07, 6.45) is 0. The molecule has 0 saturated carbocycles. The Bertz CT molecular complexity index is 1470. The molecule has 196 valence electrons. The molecule has 1 N–H and O–H groups in total. The van der Waals surface area contributed by atoms with Crippen LogP contribution in [0.25, 0.3) is 22.2 Å². The van der Waals surface area contributed by atoms with Gasteiger partial charge in [-0.3, -0.25) is 0 Å². The van der Waals surface area contributed by atoms with E-state index in [4.69, 9.17) is 26.1 Å². The molecule has 0 atom stereocenters. The van der Waals surface area contributed by atoms with Crippen molar-refractivity contribution in [2.45, 2.75) is 6.92 Å². The molecule has 2 aliphatic rings. The number of morpholine rings is 2. The molecule has 0 unspecified atom stereocenters. The lowest BCUT2D eigenvalue weighted by atomic mass is 10.0. The minimum absolute atomic E-state index is 0.307. The summed E-state index contributed by atoms with van der Waals surface area (Å²) in [5.41, 5.74) is 6.76. The lowest BCUT2D eigenvalue weighted by Crippen LogP contribution is -2.37. The van der Waals surface area contributed by atoms with Crippen LogP contribution in [0.5, 0.6) is 0 Å². The van der Waals surface area contributed by atoms with Gasteiger partial charge in [0, 0.05) is 47.8 Å². The van der Waals surface area contributed by atoms with E-state index in [2.05, 4.69) is 33.3 Å².